The minimum atomic E-state index is -0.679. The van der Waals surface area contributed by atoms with Crippen molar-refractivity contribution in [2.75, 3.05) is 13.7 Å². The number of aliphatic hydroxyl groups excluding tert-OH is 1. The summed E-state index contributed by atoms with van der Waals surface area (Å²) in [6.45, 7) is 0.224. The quantitative estimate of drug-likeness (QED) is 0.830. The van der Waals surface area contributed by atoms with E-state index in [1.54, 1.807) is 25.3 Å². The third-order valence-corrected chi connectivity index (χ3v) is 4.30. The average Bonchev–Trinajstić information content (AvgIpc) is 2.37. The zero-order chi connectivity index (χ0) is 13.9. The smallest absolute Gasteiger partial charge is 0.126 e. The van der Waals surface area contributed by atoms with Crippen LogP contribution in [0.1, 0.15) is 37.2 Å². The van der Waals surface area contributed by atoms with Gasteiger partial charge in [-0.15, -0.1) is 0 Å². The van der Waals surface area contributed by atoms with Crippen LogP contribution in [-0.4, -0.2) is 30.5 Å². The van der Waals surface area contributed by atoms with Crippen molar-refractivity contribution in [1.82, 2.24) is 0 Å². The monoisotopic (exact) mass is 267 g/mol. The van der Waals surface area contributed by atoms with Gasteiger partial charge in [0.25, 0.3) is 0 Å². The number of halogens is 1. The molecule has 106 valence electrons. The number of nitrogens with two attached hydrogens (primary N) is 1. The summed E-state index contributed by atoms with van der Waals surface area (Å²) in [5.41, 5.74) is 5.98. The number of ether oxygens (including phenoxy) is 1. The van der Waals surface area contributed by atoms with Gasteiger partial charge in [-0.25, -0.2) is 4.39 Å². The van der Waals surface area contributed by atoms with E-state index in [0.717, 1.165) is 19.3 Å². The normalized spacial score (nSPS) is 20.6. The van der Waals surface area contributed by atoms with Crippen LogP contribution in [0.5, 0.6) is 0 Å². The van der Waals surface area contributed by atoms with Crippen molar-refractivity contribution >= 4 is 0 Å². The zero-order valence-corrected chi connectivity index (χ0v) is 11.3. The highest BCUT2D eigenvalue weighted by Crippen LogP contribution is 2.41. The Kier molecular flexibility index (Phi) is 4.55. The molecule has 2 unspecified atom stereocenters. The molecule has 3 nitrogen and oxygen atoms in total. The molecule has 0 aromatic heterocycles. The molecule has 1 fully saturated rings. The molecule has 0 bridgehead atoms. The molecule has 1 aromatic carbocycles. The summed E-state index contributed by atoms with van der Waals surface area (Å²) >= 11 is 0. The largest absolute Gasteiger partial charge is 0.392 e. The highest BCUT2D eigenvalue weighted by molar-refractivity contribution is 5.23. The molecule has 1 aliphatic carbocycles. The first-order chi connectivity index (χ1) is 9.12. The lowest BCUT2D eigenvalue weighted by atomic mass is 9.73. The standard InChI is InChI=1S/C15H22FNO2/c1-19-15(7-4-8-15)9-14(18)12(10-17)11-5-2-3-6-13(11)16/h2-3,5-6,12,14,18H,4,7-10,17H2,1H3. The van der Waals surface area contributed by atoms with Gasteiger partial charge >= 0.3 is 0 Å². The van der Waals surface area contributed by atoms with Crippen LogP contribution < -0.4 is 5.73 Å². The number of benzene rings is 1. The van der Waals surface area contributed by atoms with E-state index in [2.05, 4.69) is 0 Å². The van der Waals surface area contributed by atoms with Crippen LogP contribution in [0.2, 0.25) is 0 Å². The van der Waals surface area contributed by atoms with Gasteiger partial charge < -0.3 is 15.6 Å². The molecule has 0 amide bonds. The van der Waals surface area contributed by atoms with Crippen molar-refractivity contribution in [2.24, 2.45) is 5.73 Å². The fraction of sp³-hybridized carbons (Fsp3) is 0.600. The Morgan fingerprint density at radius 3 is 2.58 bits per heavy atom. The lowest BCUT2D eigenvalue weighted by molar-refractivity contribution is -0.102. The predicted octanol–water partition coefficient (Wildman–Crippen LogP) is 2.19. The van der Waals surface area contributed by atoms with Crippen LogP contribution in [0.15, 0.2) is 24.3 Å². The van der Waals surface area contributed by atoms with E-state index in [0.29, 0.717) is 12.0 Å². The average molecular weight is 267 g/mol. The lowest BCUT2D eigenvalue weighted by Gasteiger charge is -2.43. The second kappa shape index (κ2) is 5.99. The van der Waals surface area contributed by atoms with Crippen molar-refractivity contribution in [3.8, 4) is 0 Å². The third kappa shape index (κ3) is 2.96. The molecule has 4 heteroatoms. The maximum Gasteiger partial charge on any atom is 0.126 e. The fourth-order valence-electron chi connectivity index (χ4n) is 2.85. The topological polar surface area (TPSA) is 55.5 Å². The van der Waals surface area contributed by atoms with Crippen LogP contribution in [0.4, 0.5) is 4.39 Å². The molecule has 19 heavy (non-hydrogen) atoms. The van der Waals surface area contributed by atoms with Gasteiger partial charge in [0, 0.05) is 26.0 Å². The van der Waals surface area contributed by atoms with Gasteiger partial charge in [0.2, 0.25) is 0 Å². The van der Waals surface area contributed by atoms with Crippen LogP contribution in [0.3, 0.4) is 0 Å². The molecule has 0 saturated heterocycles. The minimum Gasteiger partial charge on any atom is -0.392 e. The minimum absolute atomic E-state index is 0.224. The molecule has 0 radical (unpaired) electrons. The Labute approximate surface area is 113 Å². The SMILES string of the molecule is COC1(CC(O)C(CN)c2ccccc2F)CCC1. The fourth-order valence-corrected chi connectivity index (χ4v) is 2.85. The highest BCUT2D eigenvalue weighted by atomic mass is 19.1. The van der Waals surface area contributed by atoms with E-state index < -0.39 is 6.10 Å². The molecular formula is C15H22FNO2. The molecule has 0 aliphatic heterocycles. The molecule has 0 spiro atoms. The summed E-state index contributed by atoms with van der Waals surface area (Å²) < 4.78 is 19.3. The summed E-state index contributed by atoms with van der Waals surface area (Å²) in [5, 5.41) is 10.4. The molecule has 0 heterocycles. The van der Waals surface area contributed by atoms with E-state index in [1.165, 1.54) is 6.07 Å². The van der Waals surface area contributed by atoms with E-state index in [-0.39, 0.29) is 23.9 Å². The van der Waals surface area contributed by atoms with E-state index >= 15 is 0 Å². The van der Waals surface area contributed by atoms with Gasteiger partial charge in [0.15, 0.2) is 0 Å². The predicted molar refractivity (Wildman–Crippen MR) is 72.4 cm³/mol. The lowest BCUT2D eigenvalue weighted by Crippen LogP contribution is -2.44. The number of aliphatic hydroxyl groups is 1. The van der Waals surface area contributed by atoms with Crippen molar-refractivity contribution in [3.05, 3.63) is 35.6 Å². The molecule has 1 saturated carbocycles. The van der Waals surface area contributed by atoms with E-state index in [1.807, 2.05) is 0 Å². The Hall–Kier alpha value is -0.970. The van der Waals surface area contributed by atoms with Crippen molar-refractivity contribution in [1.29, 1.82) is 0 Å². The van der Waals surface area contributed by atoms with Gasteiger partial charge in [-0.3, -0.25) is 0 Å². The summed E-state index contributed by atoms with van der Waals surface area (Å²) in [5.74, 6) is -0.689. The number of rotatable bonds is 6. The molecule has 1 aliphatic rings. The van der Waals surface area contributed by atoms with E-state index in [4.69, 9.17) is 10.5 Å². The second-order valence-electron chi connectivity index (χ2n) is 5.38. The maximum atomic E-state index is 13.8. The Bertz CT molecular complexity index is 415. The van der Waals surface area contributed by atoms with Crippen LogP contribution in [0, 0.1) is 5.82 Å². The first-order valence-corrected chi connectivity index (χ1v) is 6.79. The number of hydrogen-bond donors (Lipinski definition) is 2. The van der Waals surface area contributed by atoms with Gasteiger partial charge in [-0.05, 0) is 30.9 Å². The van der Waals surface area contributed by atoms with Crippen LogP contribution in [0.25, 0.3) is 0 Å². The van der Waals surface area contributed by atoms with Crippen LogP contribution >= 0.6 is 0 Å². The summed E-state index contributed by atoms with van der Waals surface area (Å²) in [6.07, 6.45) is 2.86. The molecule has 1 aromatic rings. The summed E-state index contributed by atoms with van der Waals surface area (Å²) in [7, 11) is 1.67. The first kappa shape index (κ1) is 14.4. The van der Waals surface area contributed by atoms with Gasteiger partial charge in [-0.1, -0.05) is 18.2 Å². The third-order valence-electron chi connectivity index (χ3n) is 4.30. The molecular weight excluding hydrogens is 245 g/mol. The zero-order valence-electron chi connectivity index (χ0n) is 11.3. The van der Waals surface area contributed by atoms with Crippen LogP contribution in [-0.2, 0) is 4.74 Å². The Balaban J connectivity index is 2.11. The first-order valence-electron chi connectivity index (χ1n) is 6.79. The second-order valence-corrected chi connectivity index (χ2v) is 5.38. The Morgan fingerprint density at radius 1 is 1.42 bits per heavy atom. The molecule has 2 atom stereocenters. The van der Waals surface area contributed by atoms with Crippen molar-refractivity contribution < 1.29 is 14.2 Å². The number of methoxy groups -OCH3 is 1. The van der Waals surface area contributed by atoms with Crippen molar-refractivity contribution in [3.63, 3.8) is 0 Å². The highest BCUT2D eigenvalue weighted by Gasteiger charge is 2.40. The Morgan fingerprint density at radius 2 is 2.11 bits per heavy atom. The van der Waals surface area contributed by atoms with Crippen molar-refractivity contribution in [2.45, 2.75) is 43.3 Å². The molecule has 3 N–H and O–H groups in total. The van der Waals surface area contributed by atoms with Gasteiger partial charge in [-0.2, -0.15) is 0 Å². The number of hydrogen-bond acceptors (Lipinski definition) is 3. The summed E-state index contributed by atoms with van der Waals surface area (Å²) in [6, 6.07) is 6.50. The van der Waals surface area contributed by atoms with E-state index in [9.17, 15) is 9.50 Å². The molecule has 2 rings (SSSR count). The maximum absolute atomic E-state index is 13.8. The van der Waals surface area contributed by atoms with Gasteiger partial charge in [0.1, 0.15) is 5.82 Å². The summed E-state index contributed by atoms with van der Waals surface area (Å²) in [4.78, 5) is 0. The van der Waals surface area contributed by atoms with Gasteiger partial charge in [0.05, 0.1) is 11.7 Å².